The first-order chi connectivity index (χ1) is 13.9. The van der Waals surface area contributed by atoms with Crippen molar-refractivity contribution in [3.8, 4) is 0 Å². The lowest BCUT2D eigenvalue weighted by molar-refractivity contribution is -0.130. The maximum absolute atomic E-state index is 12.4. The number of nitrogens with one attached hydrogen (secondary N) is 2. The van der Waals surface area contributed by atoms with Gasteiger partial charge >= 0.3 is 6.03 Å². The van der Waals surface area contributed by atoms with Gasteiger partial charge in [-0.25, -0.2) is 20.2 Å². The number of anilines is 1. The fraction of sp³-hybridized carbons (Fsp3) is 0.667. The largest absolute Gasteiger partial charge is 0.353 e. The van der Waals surface area contributed by atoms with Gasteiger partial charge < -0.3 is 15.1 Å². The van der Waals surface area contributed by atoms with Crippen LogP contribution in [0.2, 0.25) is 5.15 Å². The third-order valence-corrected chi connectivity index (χ3v) is 5.38. The number of hydroxylamine groups is 1. The van der Waals surface area contributed by atoms with Gasteiger partial charge in [0.2, 0.25) is 0 Å². The summed E-state index contributed by atoms with van der Waals surface area (Å²) in [5, 5.41) is 3.71. The average molecular weight is 445 g/mol. The lowest BCUT2D eigenvalue weighted by Crippen LogP contribution is -2.56. The summed E-state index contributed by atoms with van der Waals surface area (Å²) in [6.07, 6.45) is 2.02. The molecule has 9 nitrogen and oxygen atoms in total. The van der Waals surface area contributed by atoms with E-state index in [9.17, 15) is 9.59 Å². The van der Waals surface area contributed by atoms with E-state index in [-0.39, 0.29) is 23.7 Å². The predicted octanol–water partition coefficient (Wildman–Crippen LogP) is 2.31. The molecule has 0 bridgehead atoms. The van der Waals surface area contributed by atoms with E-state index in [4.69, 9.17) is 16.4 Å². The summed E-state index contributed by atoms with van der Waals surface area (Å²) >= 11 is 7.35. The molecular weight excluding hydrogens is 416 g/mol. The summed E-state index contributed by atoms with van der Waals surface area (Å²) in [4.78, 5) is 41.6. The Bertz CT molecular complexity index is 696. The molecule has 0 saturated carbocycles. The molecule has 0 spiro atoms. The molecule has 0 aromatic carbocycles. The predicted molar refractivity (Wildman–Crippen MR) is 114 cm³/mol. The van der Waals surface area contributed by atoms with E-state index in [0.717, 1.165) is 12.8 Å². The number of nitrogens with zero attached hydrogens (tertiary/aromatic N) is 4. The molecule has 1 atom stereocenters. The van der Waals surface area contributed by atoms with Crippen molar-refractivity contribution in [3.05, 3.63) is 11.2 Å². The third kappa shape index (κ3) is 7.52. The molecule has 0 radical (unpaired) electrons. The Hall–Kier alpha value is -1.78. The van der Waals surface area contributed by atoms with Gasteiger partial charge in [0.05, 0.1) is 12.4 Å². The van der Waals surface area contributed by atoms with Crippen molar-refractivity contribution in [1.82, 2.24) is 25.7 Å². The minimum absolute atomic E-state index is 0.0251. The SMILES string of the molecule is CCCCNC(=O)N1CCN(c2cc(Cl)nc(SCC(=O)NOCC)n2)CC1C. The van der Waals surface area contributed by atoms with Crippen LogP contribution in [-0.2, 0) is 9.63 Å². The normalized spacial score (nSPS) is 16.6. The summed E-state index contributed by atoms with van der Waals surface area (Å²) in [5.74, 6) is 0.552. The Morgan fingerprint density at radius 2 is 2.14 bits per heavy atom. The molecule has 29 heavy (non-hydrogen) atoms. The first kappa shape index (κ1) is 23.5. The molecule has 2 rings (SSSR count). The summed E-state index contributed by atoms with van der Waals surface area (Å²) in [6.45, 7) is 8.88. The van der Waals surface area contributed by atoms with Crippen LogP contribution in [0.25, 0.3) is 0 Å². The van der Waals surface area contributed by atoms with Gasteiger partial charge in [0.1, 0.15) is 11.0 Å². The molecule has 1 unspecified atom stereocenters. The fourth-order valence-electron chi connectivity index (χ4n) is 2.87. The Morgan fingerprint density at radius 3 is 2.83 bits per heavy atom. The molecule has 1 aliphatic rings. The molecule has 2 N–H and O–H groups in total. The molecule has 162 valence electrons. The molecule has 1 saturated heterocycles. The quantitative estimate of drug-likeness (QED) is 0.198. The number of unbranched alkanes of at least 4 members (excludes halogenated alkanes) is 1. The third-order valence-electron chi connectivity index (χ3n) is 4.34. The molecule has 1 aliphatic heterocycles. The summed E-state index contributed by atoms with van der Waals surface area (Å²) in [7, 11) is 0. The number of urea groups is 1. The molecular formula is C18H29ClN6O3S. The summed E-state index contributed by atoms with van der Waals surface area (Å²) in [6, 6.07) is 1.71. The van der Waals surface area contributed by atoms with E-state index in [0.29, 0.717) is 48.9 Å². The number of aromatic nitrogens is 2. The second kappa shape index (κ2) is 12.0. The summed E-state index contributed by atoms with van der Waals surface area (Å²) < 4.78 is 0. The van der Waals surface area contributed by atoms with E-state index >= 15 is 0 Å². The van der Waals surface area contributed by atoms with E-state index in [1.54, 1.807) is 13.0 Å². The molecule has 1 aromatic rings. The summed E-state index contributed by atoms with van der Waals surface area (Å²) in [5.41, 5.74) is 2.33. The van der Waals surface area contributed by atoms with Gasteiger partial charge in [-0.1, -0.05) is 36.7 Å². The van der Waals surface area contributed by atoms with Crippen LogP contribution in [0, 0.1) is 0 Å². The Kier molecular flexibility index (Phi) is 9.75. The molecule has 1 fully saturated rings. The number of rotatable bonds is 9. The van der Waals surface area contributed by atoms with Crippen molar-refractivity contribution >= 4 is 41.1 Å². The van der Waals surface area contributed by atoms with Crippen LogP contribution in [-0.4, -0.2) is 71.4 Å². The smallest absolute Gasteiger partial charge is 0.317 e. The molecule has 11 heteroatoms. The van der Waals surface area contributed by atoms with Crippen LogP contribution in [0.5, 0.6) is 0 Å². The van der Waals surface area contributed by atoms with Gasteiger partial charge in [0.25, 0.3) is 5.91 Å². The number of hydrogen-bond acceptors (Lipinski definition) is 7. The standard InChI is InChI=1S/C18H29ClN6O3S/c1-4-6-7-20-18(27)25-9-8-24(11-13(25)3)15-10-14(19)21-17(22-15)29-12-16(26)23-28-5-2/h10,13H,4-9,11-12H2,1-3H3,(H,20,27)(H,23,26). The zero-order chi connectivity index (χ0) is 21.2. The van der Waals surface area contributed by atoms with Crippen molar-refractivity contribution < 1.29 is 14.4 Å². The number of piperazine rings is 1. The van der Waals surface area contributed by atoms with E-state index in [1.807, 2.05) is 11.8 Å². The second-order valence-electron chi connectivity index (χ2n) is 6.65. The van der Waals surface area contributed by atoms with Crippen LogP contribution >= 0.6 is 23.4 Å². The van der Waals surface area contributed by atoms with Crippen molar-refractivity contribution in [2.45, 2.75) is 44.8 Å². The maximum atomic E-state index is 12.4. The van der Waals surface area contributed by atoms with Crippen LogP contribution < -0.4 is 15.7 Å². The highest BCUT2D eigenvalue weighted by molar-refractivity contribution is 7.99. The van der Waals surface area contributed by atoms with Crippen molar-refractivity contribution in [2.75, 3.05) is 43.4 Å². The van der Waals surface area contributed by atoms with Crippen molar-refractivity contribution in [2.24, 2.45) is 0 Å². The van der Waals surface area contributed by atoms with Gasteiger partial charge in [-0.2, -0.15) is 0 Å². The fourth-order valence-corrected chi connectivity index (χ4v) is 3.73. The zero-order valence-corrected chi connectivity index (χ0v) is 18.7. The molecule has 1 aromatic heterocycles. The molecule has 2 heterocycles. The zero-order valence-electron chi connectivity index (χ0n) is 17.1. The van der Waals surface area contributed by atoms with Crippen LogP contribution in [0.15, 0.2) is 11.2 Å². The van der Waals surface area contributed by atoms with Gasteiger partial charge in [0.15, 0.2) is 5.16 Å². The minimum Gasteiger partial charge on any atom is -0.353 e. The average Bonchev–Trinajstić information content (AvgIpc) is 2.70. The van der Waals surface area contributed by atoms with Crippen LogP contribution in [0.4, 0.5) is 10.6 Å². The van der Waals surface area contributed by atoms with Crippen LogP contribution in [0.3, 0.4) is 0 Å². The highest BCUT2D eigenvalue weighted by Gasteiger charge is 2.28. The number of hydrogen-bond donors (Lipinski definition) is 2. The van der Waals surface area contributed by atoms with E-state index in [2.05, 4.69) is 32.6 Å². The first-order valence-corrected chi connectivity index (χ1v) is 11.2. The Morgan fingerprint density at radius 1 is 1.34 bits per heavy atom. The molecule has 0 aliphatic carbocycles. The van der Waals surface area contributed by atoms with Crippen molar-refractivity contribution in [1.29, 1.82) is 0 Å². The van der Waals surface area contributed by atoms with Gasteiger partial charge in [0, 0.05) is 38.3 Å². The number of carbonyl (C=O) groups is 2. The van der Waals surface area contributed by atoms with Gasteiger partial charge in [-0.05, 0) is 20.3 Å². The number of carbonyl (C=O) groups excluding carboxylic acids is 2. The van der Waals surface area contributed by atoms with E-state index in [1.165, 1.54) is 11.8 Å². The Labute approximate surface area is 180 Å². The van der Waals surface area contributed by atoms with Gasteiger partial charge in [-0.15, -0.1) is 0 Å². The highest BCUT2D eigenvalue weighted by atomic mass is 35.5. The minimum atomic E-state index is -0.265. The van der Waals surface area contributed by atoms with Crippen molar-refractivity contribution in [3.63, 3.8) is 0 Å². The lowest BCUT2D eigenvalue weighted by atomic mass is 10.2. The highest BCUT2D eigenvalue weighted by Crippen LogP contribution is 2.24. The van der Waals surface area contributed by atoms with E-state index < -0.39 is 0 Å². The number of thioether (sulfide) groups is 1. The first-order valence-electron chi connectivity index (χ1n) is 9.82. The second-order valence-corrected chi connectivity index (χ2v) is 7.98. The van der Waals surface area contributed by atoms with Crippen LogP contribution in [0.1, 0.15) is 33.6 Å². The molecule has 3 amide bonds. The monoisotopic (exact) mass is 444 g/mol. The van der Waals surface area contributed by atoms with Gasteiger partial charge in [-0.3, -0.25) is 9.63 Å². The lowest BCUT2D eigenvalue weighted by Gasteiger charge is -2.40. The maximum Gasteiger partial charge on any atom is 0.317 e. The Balaban J connectivity index is 1.94. The number of amides is 3. The number of halogens is 1. The topological polar surface area (TPSA) is 99.7 Å².